The maximum absolute atomic E-state index is 12.4. The largest absolute Gasteiger partial charge is 0.334 e. The molecule has 0 aliphatic heterocycles. The average Bonchev–Trinajstić information content (AvgIpc) is 3.11. The lowest BCUT2D eigenvalue weighted by atomic mass is 9.93. The fourth-order valence-electron chi connectivity index (χ4n) is 3.80. The van der Waals surface area contributed by atoms with E-state index in [1.165, 1.54) is 5.69 Å². The van der Waals surface area contributed by atoms with Crippen LogP contribution in [-0.4, -0.2) is 20.4 Å². The molecule has 1 atom stereocenters. The summed E-state index contributed by atoms with van der Waals surface area (Å²) in [4.78, 5) is 24.2. The summed E-state index contributed by atoms with van der Waals surface area (Å²) < 4.78 is 3.56. The molecular weight excluding hydrogens is 366 g/mol. The first-order valence-electron chi connectivity index (χ1n) is 9.88. The Kier molecular flexibility index (Phi) is 5.46. The van der Waals surface area contributed by atoms with Crippen LogP contribution in [0.2, 0.25) is 0 Å². The first-order valence-corrected chi connectivity index (χ1v) is 9.88. The number of urea groups is 1. The Morgan fingerprint density at radius 3 is 2.76 bits per heavy atom. The first kappa shape index (κ1) is 19.0. The molecule has 0 fully saturated rings. The number of carbonyl (C=O) groups excluding carboxylic acids is 1. The highest BCUT2D eigenvalue weighted by molar-refractivity contribution is 5.74. The van der Waals surface area contributed by atoms with Crippen molar-refractivity contribution in [1.29, 1.82) is 0 Å². The molecule has 2 aromatic heterocycles. The summed E-state index contributed by atoms with van der Waals surface area (Å²) in [5.41, 5.74) is 4.35. The molecule has 3 aromatic rings. The minimum absolute atomic E-state index is 0.0130. The van der Waals surface area contributed by atoms with Crippen LogP contribution in [0.3, 0.4) is 0 Å². The molecule has 29 heavy (non-hydrogen) atoms. The minimum atomic E-state index is -0.174. The number of aryl methyl sites for hydroxylation is 1. The van der Waals surface area contributed by atoms with E-state index >= 15 is 0 Å². The van der Waals surface area contributed by atoms with Gasteiger partial charge in [-0.15, -0.1) is 0 Å². The fourth-order valence-corrected chi connectivity index (χ4v) is 3.80. The average molecular weight is 391 g/mol. The van der Waals surface area contributed by atoms with Crippen LogP contribution in [0.15, 0.2) is 59.7 Å². The van der Waals surface area contributed by atoms with Gasteiger partial charge in [0.1, 0.15) is 0 Å². The molecule has 7 nitrogen and oxygen atoms in total. The van der Waals surface area contributed by atoms with Crippen molar-refractivity contribution in [2.24, 2.45) is 7.05 Å². The van der Waals surface area contributed by atoms with Crippen LogP contribution in [0.25, 0.3) is 0 Å². The van der Waals surface area contributed by atoms with Crippen molar-refractivity contribution in [3.63, 3.8) is 0 Å². The van der Waals surface area contributed by atoms with E-state index < -0.39 is 0 Å². The van der Waals surface area contributed by atoms with Crippen LogP contribution >= 0.6 is 0 Å². The quantitative estimate of drug-likeness (QED) is 0.701. The lowest BCUT2D eigenvalue weighted by Crippen LogP contribution is -2.38. The molecular formula is C22H25N5O2. The number of hydrogen-bond acceptors (Lipinski definition) is 3. The number of amides is 2. The van der Waals surface area contributed by atoms with Gasteiger partial charge in [-0.2, -0.15) is 5.10 Å². The second-order valence-electron chi connectivity index (χ2n) is 7.43. The molecule has 0 radical (unpaired) electrons. The van der Waals surface area contributed by atoms with Crippen molar-refractivity contribution in [1.82, 2.24) is 25.0 Å². The van der Waals surface area contributed by atoms with E-state index in [9.17, 15) is 9.59 Å². The summed E-state index contributed by atoms with van der Waals surface area (Å²) in [5, 5.41) is 10.3. The van der Waals surface area contributed by atoms with Gasteiger partial charge in [0.15, 0.2) is 0 Å². The fraction of sp³-hybridized carbons (Fsp3) is 0.318. The number of nitrogens with zero attached hydrogens (tertiary/aromatic N) is 3. The first-order chi connectivity index (χ1) is 14.1. The third-order valence-corrected chi connectivity index (χ3v) is 5.41. The van der Waals surface area contributed by atoms with Gasteiger partial charge in [-0.05, 0) is 36.5 Å². The van der Waals surface area contributed by atoms with Gasteiger partial charge in [-0.1, -0.05) is 30.3 Å². The van der Waals surface area contributed by atoms with Gasteiger partial charge in [0.05, 0.1) is 18.8 Å². The highest BCUT2D eigenvalue weighted by Crippen LogP contribution is 2.28. The molecule has 1 aliphatic rings. The number of aromatic nitrogens is 3. The van der Waals surface area contributed by atoms with E-state index in [1.807, 2.05) is 48.3 Å². The molecule has 4 rings (SSSR count). The SMILES string of the molecule is Cn1ncc2c1CCCC2NC(=O)NCc1ccc(Cn2ccccc2=O)cc1. The molecule has 0 saturated heterocycles. The highest BCUT2D eigenvalue weighted by atomic mass is 16.2. The zero-order valence-electron chi connectivity index (χ0n) is 16.5. The summed E-state index contributed by atoms with van der Waals surface area (Å²) >= 11 is 0. The Hall–Kier alpha value is -3.35. The van der Waals surface area contributed by atoms with E-state index in [4.69, 9.17) is 0 Å². The van der Waals surface area contributed by atoms with Crippen LogP contribution < -0.4 is 16.2 Å². The summed E-state index contributed by atoms with van der Waals surface area (Å²) in [6.45, 7) is 0.979. The number of fused-ring (bicyclic) bond motifs is 1. The van der Waals surface area contributed by atoms with Gasteiger partial charge < -0.3 is 15.2 Å². The van der Waals surface area contributed by atoms with Crippen LogP contribution in [-0.2, 0) is 26.6 Å². The van der Waals surface area contributed by atoms with Crippen molar-refractivity contribution in [2.75, 3.05) is 0 Å². The van der Waals surface area contributed by atoms with Crippen molar-refractivity contribution < 1.29 is 4.79 Å². The molecule has 2 N–H and O–H groups in total. The second-order valence-corrected chi connectivity index (χ2v) is 7.43. The summed E-state index contributed by atoms with van der Waals surface area (Å²) in [6.07, 6.45) is 6.62. The maximum atomic E-state index is 12.4. The molecule has 1 unspecified atom stereocenters. The molecule has 150 valence electrons. The van der Waals surface area contributed by atoms with E-state index in [0.717, 1.165) is 36.0 Å². The lowest BCUT2D eigenvalue weighted by molar-refractivity contribution is 0.235. The standard InChI is InChI=1S/C22H25N5O2/c1-26-20-6-4-5-19(18(20)14-24-26)25-22(29)23-13-16-8-10-17(11-9-16)15-27-12-3-2-7-21(27)28/h2-3,7-12,14,19H,4-6,13,15H2,1H3,(H2,23,25,29). The predicted molar refractivity (Wildman–Crippen MR) is 111 cm³/mol. The van der Waals surface area contributed by atoms with Crippen molar-refractivity contribution >= 4 is 6.03 Å². The Bertz CT molecular complexity index is 1050. The third-order valence-electron chi connectivity index (χ3n) is 5.41. The van der Waals surface area contributed by atoms with Gasteiger partial charge in [-0.3, -0.25) is 9.48 Å². The Morgan fingerprint density at radius 2 is 1.97 bits per heavy atom. The van der Waals surface area contributed by atoms with E-state index in [2.05, 4.69) is 15.7 Å². The molecule has 7 heteroatoms. The topological polar surface area (TPSA) is 81.0 Å². The number of hydrogen-bond donors (Lipinski definition) is 2. The molecule has 2 heterocycles. The Morgan fingerprint density at radius 1 is 1.17 bits per heavy atom. The van der Waals surface area contributed by atoms with Crippen LogP contribution in [0.4, 0.5) is 4.79 Å². The van der Waals surface area contributed by atoms with Crippen molar-refractivity contribution in [2.45, 2.75) is 38.4 Å². The zero-order chi connectivity index (χ0) is 20.2. The smallest absolute Gasteiger partial charge is 0.315 e. The number of benzene rings is 1. The normalized spacial score (nSPS) is 15.6. The van der Waals surface area contributed by atoms with Crippen LogP contribution in [0, 0.1) is 0 Å². The number of pyridine rings is 1. The number of nitrogens with one attached hydrogen (secondary N) is 2. The minimum Gasteiger partial charge on any atom is -0.334 e. The maximum Gasteiger partial charge on any atom is 0.315 e. The molecule has 0 spiro atoms. The molecule has 0 bridgehead atoms. The van der Waals surface area contributed by atoms with Crippen LogP contribution in [0.5, 0.6) is 0 Å². The van der Waals surface area contributed by atoms with E-state index in [-0.39, 0.29) is 17.6 Å². The Labute approximate surface area is 169 Å². The summed E-state index contributed by atoms with van der Waals surface area (Å²) in [7, 11) is 1.94. The summed E-state index contributed by atoms with van der Waals surface area (Å²) in [5.74, 6) is 0. The van der Waals surface area contributed by atoms with Gasteiger partial charge in [0, 0.05) is 37.1 Å². The van der Waals surface area contributed by atoms with Crippen molar-refractivity contribution in [3.05, 3.63) is 87.6 Å². The lowest BCUT2D eigenvalue weighted by Gasteiger charge is -2.24. The van der Waals surface area contributed by atoms with Gasteiger partial charge in [-0.25, -0.2) is 4.79 Å². The van der Waals surface area contributed by atoms with Gasteiger partial charge >= 0.3 is 6.03 Å². The van der Waals surface area contributed by atoms with E-state index in [0.29, 0.717) is 13.1 Å². The molecule has 1 aromatic carbocycles. The zero-order valence-corrected chi connectivity index (χ0v) is 16.5. The predicted octanol–water partition coefficient (Wildman–Crippen LogP) is 2.51. The number of rotatable bonds is 5. The molecule has 1 aliphatic carbocycles. The second kappa shape index (κ2) is 8.34. The molecule has 2 amide bonds. The van der Waals surface area contributed by atoms with Gasteiger partial charge in [0.2, 0.25) is 0 Å². The molecule has 0 saturated carbocycles. The van der Waals surface area contributed by atoms with E-state index in [1.54, 1.807) is 22.9 Å². The van der Waals surface area contributed by atoms with Crippen molar-refractivity contribution in [3.8, 4) is 0 Å². The summed E-state index contributed by atoms with van der Waals surface area (Å²) in [6, 6.07) is 12.9. The highest BCUT2D eigenvalue weighted by Gasteiger charge is 2.24. The monoisotopic (exact) mass is 391 g/mol. The van der Waals surface area contributed by atoms with Crippen LogP contribution in [0.1, 0.15) is 41.3 Å². The Balaban J connectivity index is 1.31. The third kappa shape index (κ3) is 4.39. The van der Waals surface area contributed by atoms with Gasteiger partial charge in [0.25, 0.3) is 5.56 Å². The number of carbonyl (C=O) groups is 1.